The minimum absolute atomic E-state index is 0.0867. The lowest BCUT2D eigenvalue weighted by Gasteiger charge is -2.22. The van der Waals surface area contributed by atoms with E-state index >= 15 is 0 Å². The molecule has 1 unspecified atom stereocenters. The fraction of sp³-hybridized carbons (Fsp3) is 0.925. The van der Waals surface area contributed by atoms with Gasteiger partial charge >= 0.3 is 12.1 Å². The Labute approximate surface area is 316 Å². The van der Waals surface area contributed by atoms with Crippen molar-refractivity contribution in [2.75, 3.05) is 35.3 Å². The van der Waals surface area contributed by atoms with Crippen molar-refractivity contribution in [2.45, 2.75) is 200 Å². The molecule has 0 aromatic carbocycles. The van der Waals surface area contributed by atoms with Gasteiger partial charge in [0.05, 0.1) is 18.1 Å². The van der Waals surface area contributed by atoms with Crippen LogP contribution in [-0.2, 0) is 19.1 Å². The second kappa shape index (κ2) is 35.8. The molecule has 6 nitrogen and oxygen atoms in total. The molecule has 0 rings (SSSR count). The lowest BCUT2D eigenvalue weighted by Crippen LogP contribution is -2.39. The van der Waals surface area contributed by atoms with Gasteiger partial charge in [-0.3, -0.25) is 9.59 Å². The van der Waals surface area contributed by atoms with Crippen molar-refractivity contribution in [1.29, 1.82) is 0 Å². The molecular formula is C40H77NO5S3. The number of hydrogen-bond acceptors (Lipinski definition) is 8. The van der Waals surface area contributed by atoms with E-state index in [4.69, 9.17) is 9.47 Å². The Morgan fingerprint density at radius 1 is 0.571 bits per heavy atom. The van der Waals surface area contributed by atoms with Gasteiger partial charge in [0.1, 0.15) is 11.7 Å². The number of thioether (sulfide) groups is 3. The van der Waals surface area contributed by atoms with E-state index in [1.165, 1.54) is 153 Å². The van der Waals surface area contributed by atoms with Crippen LogP contribution in [0.5, 0.6) is 0 Å². The topological polar surface area (TPSA) is 81.7 Å². The summed E-state index contributed by atoms with van der Waals surface area (Å²) in [6, 6.07) is 0. The molecule has 0 bridgehead atoms. The van der Waals surface area contributed by atoms with Gasteiger partial charge in [-0.2, -0.15) is 23.5 Å². The van der Waals surface area contributed by atoms with Crippen LogP contribution in [0, 0.1) is 0 Å². The molecule has 49 heavy (non-hydrogen) atoms. The number of ether oxygens (including phenoxy) is 2. The van der Waals surface area contributed by atoms with Crippen molar-refractivity contribution in [3.8, 4) is 0 Å². The first-order chi connectivity index (χ1) is 23.7. The van der Waals surface area contributed by atoms with Crippen LogP contribution in [0.15, 0.2) is 0 Å². The highest BCUT2D eigenvalue weighted by molar-refractivity contribution is 8.15. The molecule has 0 aromatic heterocycles. The second-order valence-electron chi connectivity index (χ2n) is 14.6. The van der Waals surface area contributed by atoms with Crippen LogP contribution in [0.2, 0.25) is 0 Å². The van der Waals surface area contributed by atoms with E-state index in [0.29, 0.717) is 11.5 Å². The fourth-order valence-electron chi connectivity index (χ4n) is 5.49. The zero-order valence-corrected chi connectivity index (χ0v) is 35.0. The monoisotopic (exact) mass is 747 g/mol. The maximum Gasteiger partial charge on any atom is 0.407 e. The normalized spacial score (nSPS) is 12.2. The van der Waals surface area contributed by atoms with Gasteiger partial charge in [-0.25, -0.2) is 4.79 Å². The summed E-state index contributed by atoms with van der Waals surface area (Å²) in [7, 11) is 0. The average molecular weight is 748 g/mol. The second-order valence-corrected chi connectivity index (χ2v) is 17.8. The van der Waals surface area contributed by atoms with Crippen molar-refractivity contribution < 1.29 is 23.9 Å². The third-order valence-electron chi connectivity index (χ3n) is 8.33. The summed E-state index contributed by atoms with van der Waals surface area (Å²) in [4.78, 5) is 37.4. The minimum atomic E-state index is -0.615. The van der Waals surface area contributed by atoms with Crippen LogP contribution >= 0.6 is 35.3 Å². The summed E-state index contributed by atoms with van der Waals surface area (Å²) in [5, 5.41) is 2.80. The molecular weight excluding hydrogens is 671 g/mol. The van der Waals surface area contributed by atoms with E-state index in [1.54, 1.807) is 44.3 Å². The fourth-order valence-corrected chi connectivity index (χ4v) is 8.14. The van der Waals surface area contributed by atoms with Crippen molar-refractivity contribution in [3.63, 3.8) is 0 Å². The molecule has 9 heteroatoms. The van der Waals surface area contributed by atoms with Gasteiger partial charge < -0.3 is 14.8 Å². The molecule has 290 valence electrons. The highest BCUT2D eigenvalue weighted by Gasteiger charge is 2.21. The zero-order chi connectivity index (χ0) is 36.3. The van der Waals surface area contributed by atoms with Crippen LogP contribution in [0.4, 0.5) is 4.79 Å². The Balaban J connectivity index is 4.13. The highest BCUT2D eigenvalue weighted by Crippen LogP contribution is 2.17. The molecule has 1 amide bonds. The van der Waals surface area contributed by atoms with Crippen LogP contribution in [0.25, 0.3) is 0 Å². The van der Waals surface area contributed by atoms with Gasteiger partial charge in [0, 0.05) is 5.75 Å². The molecule has 0 aromatic rings. The zero-order valence-electron chi connectivity index (χ0n) is 32.6. The smallest absolute Gasteiger partial charge is 0.407 e. The quantitative estimate of drug-likeness (QED) is 0.0507. The molecule has 0 aliphatic carbocycles. The van der Waals surface area contributed by atoms with Crippen molar-refractivity contribution in [2.24, 2.45) is 0 Å². The van der Waals surface area contributed by atoms with Crippen LogP contribution in [0.3, 0.4) is 0 Å². The first-order valence-corrected chi connectivity index (χ1v) is 23.4. The SMILES string of the molecule is CCCCCCCCCCCCCCSCC(=O)OC(CNC(=O)OC(C)(C)C)CSC(=O)CSCCCCCCCCCCCCCC. The molecule has 0 aliphatic rings. The van der Waals surface area contributed by atoms with E-state index in [2.05, 4.69) is 19.2 Å². The Hall–Kier alpha value is -0.540. The maximum atomic E-state index is 12.6. The Bertz CT molecular complexity index is 778. The Morgan fingerprint density at radius 2 is 0.959 bits per heavy atom. The summed E-state index contributed by atoms with van der Waals surface area (Å²) >= 11 is 4.48. The molecule has 0 saturated carbocycles. The third kappa shape index (κ3) is 38.5. The summed E-state index contributed by atoms with van der Waals surface area (Å²) in [5.41, 5.74) is -0.615. The number of nitrogens with one attached hydrogen (secondary N) is 1. The third-order valence-corrected chi connectivity index (χ3v) is 11.6. The van der Waals surface area contributed by atoms with E-state index in [-0.39, 0.29) is 23.4 Å². The van der Waals surface area contributed by atoms with Crippen molar-refractivity contribution in [1.82, 2.24) is 5.32 Å². The number of esters is 1. The predicted octanol–water partition coefficient (Wildman–Crippen LogP) is 12.6. The summed E-state index contributed by atoms with van der Waals surface area (Å²) in [6.45, 7) is 10.1. The van der Waals surface area contributed by atoms with Gasteiger partial charge in [-0.15, -0.1) is 0 Å². The number of hydrogen-bond donors (Lipinski definition) is 1. The molecule has 0 fully saturated rings. The average Bonchev–Trinajstić information content (AvgIpc) is 3.05. The summed E-state index contributed by atoms with van der Waals surface area (Å²) in [6.07, 6.45) is 30.7. The van der Waals surface area contributed by atoms with E-state index in [9.17, 15) is 14.4 Å². The molecule has 0 saturated heterocycles. The molecule has 0 radical (unpaired) electrons. The molecule has 0 heterocycles. The number of carbonyl (C=O) groups excluding carboxylic acids is 3. The van der Waals surface area contributed by atoms with Crippen LogP contribution < -0.4 is 5.32 Å². The molecule has 1 atom stereocenters. The standard InChI is InChI=1S/C40H77NO5S3/c1-6-8-10-12-14-16-18-20-22-24-26-28-30-47-34-37(42)45-36(32-41-39(44)46-40(3,4)5)33-49-38(43)35-48-31-29-27-25-23-21-19-17-15-13-11-9-7-2/h36H,6-35H2,1-5H3,(H,41,44). The minimum Gasteiger partial charge on any atom is -0.459 e. The lowest BCUT2D eigenvalue weighted by atomic mass is 10.1. The first kappa shape index (κ1) is 48.5. The Morgan fingerprint density at radius 3 is 1.37 bits per heavy atom. The summed E-state index contributed by atoms with van der Waals surface area (Å²) < 4.78 is 11.0. The van der Waals surface area contributed by atoms with Gasteiger partial charge in [0.15, 0.2) is 5.12 Å². The maximum absolute atomic E-state index is 12.6. The number of amides is 1. The van der Waals surface area contributed by atoms with Gasteiger partial charge in [0.2, 0.25) is 0 Å². The Kier molecular flexibility index (Phi) is 35.4. The van der Waals surface area contributed by atoms with Crippen molar-refractivity contribution >= 4 is 52.5 Å². The molecule has 1 N–H and O–H groups in total. The van der Waals surface area contributed by atoms with Gasteiger partial charge in [-0.05, 0) is 45.1 Å². The van der Waals surface area contributed by atoms with Crippen LogP contribution in [0.1, 0.15) is 189 Å². The lowest BCUT2D eigenvalue weighted by molar-refractivity contribution is -0.144. The van der Waals surface area contributed by atoms with Gasteiger partial charge in [0.25, 0.3) is 0 Å². The van der Waals surface area contributed by atoms with Gasteiger partial charge in [-0.1, -0.05) is 167 Å². The molecule has 0 aliphatic heterocycles. The van der Waals surface area contributed by atoms with E-state index < -0.39 is 17.8 Å². The number of carbonyl (C=O) groups is 3. The van der Waals surface area contributed by atoms with E-state index in [1.807, 2.05) is 0 Å². The van der Waals surface area contributed by atoms with E-state index in [0.717, 1.165) is 24.3 Å². The predicted molar refractivity (Wildman–Crippen MR) is 218 cm³/mol. The largest absolute Gasteiger partial charge is 0.459 e. The van der Waals surface area contributed by atoms with Crippen LogP contribution in [-0.4, -0.2) is 64.2 Å². The number of rotatable bonds is 35. The highest BCUT2D eigenvalue weighted by atomic mass is 32.2. The van der Waals surface area contributed by atoms with Crippen molar-refractivity contribution in [3.05, 3.63) is 0 Å². The summed E-state index contributed by atoms with van der Waals surface area (Å²) in [5.74, 6) is 2.71. The number of unbranched alkanes of at least 4 members (excludes halogenated alkanes) is 22. The molecule has 0 spiro atoms. The number of alkyl carbamates (subject to hydrolysis) is 1. The first-order valence-electron chi connectivity index (χ1n) is 20.1.